The second kappa shape index (κ2) is 6.01. The molecule has 0 aliphatic heterocycles. The number of nitrogens with zero attached hydrogens (tertiary/aromatic N) is 1. The number of aromatic amines is 1. The van der Waals surface area contributed by atoms with E-state index in [0.29, 0.717) is 21.7 Å². The highest BCUT2D eigenvalue weighted by Gasteiger charge is 2.14. The van der Waals surface area contributed by atoms with Gasteiger partial charge in [0.15, 0.2) is 5.13 Å². The van der Waals surface area contributed by atoms with Crippen molar-refractivity contribution in [2.75, 3.05) is 5.32 Å². The van der Waals surface area contributed by atoms with Crippen molar-refractivity contribution in [2.24, 2.45) is 5.73 Å². The second-order valence-corrected chi connectivity index (χ2v) is 5.69. The predicted octanol–water partition coefficient (Wildman–Crippen LogP) is 1.26. The summed E-state index contributed by atoms with van der Waals surface area (Å²) >= 11 is 1.19. The Kier molecular flexibility index (Phi) is 3.90. The lowest BCUT2D eigenvalue weighted by atomic mass is 10.1. The summed E-state index contributed by atoms with van der Waals surface area (Å²) in [5.41, 5.74) is 6.08. The van der Waals surface area contributed by atoms with Crippen LogP contribution in [0, 0.1) is 0 Å². The second-order valence-electron chi connectivity index (χ2n) is 4.83. The molecule has 0 atom stereocenters. The third-order valence-electron chi connectivity index (χ3n) is 3.12. The number of H-pyrrole nitrogens is 1. The van der Waals surface area contributed by atoms with Gasteiger partial charge in [-0.05, 0) is 6.07 Å². The Morgan fingerprint density at radius 1 is 1.30 bits per heavy atom. The molecule has 2 amide bonds. The third-order valence-corrected chi connectivity index (χ3v) is 3.93. The molecule has 3 rings (SSSR count). The number of amides is 2. The quantitative estimate of drug-likeness (QED) is 0.668. The van der Waals surface area contributed by atoms with E-state index in [1.165, 1.54) is 17.4 Å². The molecule has 23 heavy (non-hydrogen) atoms. The largest absolute Gasteiger partial charge is 0.369 e. The molecule has 2 aromatic heterocycles. The summed E-state index contributed by atoms with van der Waals surface area (Å²) in [7, 11) is 0. The number of fused-ring (bicyclic) bond motifs is 1. The number of pyridine rings is 1. The molecule has 7 nitrogen and oxygen atoms in total. The van der Waals surface area contributed by atoms with E-state index in [1.807, 2.05) is 0 Å². The van der Waals surface area contributed by atoms with Crippen molar-refractivity contribution >= 4 is 39.2 Å². The highest BCUT2D eigenvalue weighted by molar-refractivity contribution is 7.14. The summed E-state index contributed by atoms with van der Waals surface area (Å²) in [5.74, 6) is -0.930. The molecule has 0 aliphatic rings. The Balaban J connectivity index is 1.90. The zero-order valence-corrected chi connectivity index (χ0v) is 12.6. The average molecular weight is 328 g/mol. The summed E-state index contributed by atoms with van der Waals surface area (Å²) in [5, 5.41) is 5.26. The lowest BCUT2D eigenvalue weighted by Crippen LogP contribution is -2.17. The van der Waals surface area contributed by atoms with Crippen LogP contribution < -0.4 is 16.6 Å². The van der Waals surface area contributed by atoms with Gasteiger partial charge < -0.3 is 10.7 Å². The van der Waals surface area contributed by atoms with Crippen LogP contribution in [0.25, 0.3) is 10.9 Å². The van der Waals surface area contributed by atoms with Crippen LogP contribution in [0.5, 0.6) is 0 Å². The zero-order valence-electron chi connectivity index (χ0n) is 11.8. The van der Waals surface area contributed by atoms with Gasteiger partial charge in [0, 0.05) is 22.3 Å². The number of rotatable bonds is 4. The van der Waals surface area contributed by atoms with Gasteiger partial charge in [-0.3, -0.25) is 19.7 Å². The fraction of sp³-hybridized carbons (Fsp3) is 0.0667. The summed E-state index contributed by atoms with van der Waals surface area (Å²) < 4.78 is 0. The minimum Gasteiger partial charge on any atom is -0.369 e. The number of nitrogens with two attached hydrogens (primary N) is 1. The van der Waals surface area contributed by atoms with Crippen LogP contribution in [0.3, 0.4) is 0 Å². The number of carbonyl (C=O) groups is 2. The maximum Gasteiger partial charge on any atom is 0.258 e. The fourth-order valence-electron chi connectivity index (χ4n) is 2.18. The monoisotopic (exact) mass is 328 g/mol. The molecule has 0 unspecified atom stereocenters. The normalized spacial score (nSPS) is 10.6. The van der Waals surface area contributed by atoms with Gasteiger partial charge >= 0.3 is 0 Å². The Morgan fingerprint density at radius 3 is 2.87 bits per heavy atom. The zero-order chi connectivity index (χ0) is 16.4. The number of hydrogen-bond donors (Lipinski definition) is 3. The number of thiazole rings is 1. The third kappa shape index (κ3) is 3.27. The van der Waals surface area contributed by atoms with Crippen molar-refractivity contribution in [1.82, 2.24) is 9.97 Å². The van der Waals surface area contributed by atoms with Gasteiger partial charge in [0.2, 0.25) is 11.5 Å². The van der Waals surface area contributed by atoms with Crippen LogP contribution in [-0.2, 0) is 11.2 Å². The van der Waals surface area contributed by atoms with E-state index >= 15 is 0 Å². The smallest absolute Gasteiger partial charge is 0.258 e. The maximum atomic E-state index is 12.4. The summed E-state index contributed by atoms with van der Waals surface area (Å²) in [6, 6.07) is 8.28. The van der Waals surface area contributed by atoms with Gasteiger partial charge in [0.25, 0.3) is 5.91 Å². The van der Waals surface area contributed by atoms with Gasteiger partial charge in [-0.15, -0.1) is 11.3 Å². The van der Waals surface area contributed by atoms with Crippen LogP contribution in [0.2, 0.25) is 0 Å². The predicted molar refractivity (Wildman–Crippen MR) is 87.5 cm³/mol. The fourth-order valence-corrected chi connectivity index (χ4v) is 2.89. The first kappa shape index (κ1) is 14.9. The molecule has 1 aromatic carbocycles. The Morgan fingerprint density at radius 2 is 2.09 bits per heavy atom. The molecule has 116 valence electrons. The molecule has 0 spiro atoms. The maximum absolute atomic E-state index is 12.4. The molecule has 0 saturated heterocycles. The van der Waals surface area contributed by atoms with Gasteiger partial charge in [0.05, 0.1) is 17.7 Å². The van der Waals surface area contributed by atoms with Gasteiger partial charge in [0.1, 0.15) is 0 Å². The number of nitrogens with one attached hydrogen (secondary N) is 2. The number of primary amides is 1. The number of carbonyl (C=O) groups excluding carboxylic acids is 2. The minimum atomic E-state index is -0.492. The van der Waals surface area contributed by atoms with Crippen molar-refractivity contribution in [2.45, 2.75) is 6.42 Å². The minimum absolute atomic E-state index is 0.0142. The summed E-state index contributed by atoms with van der Waals surface area (Å²) in [6.45, 7) is 0. The van der Waals surface area contributed by atoms with Crippen LogP contribution in [0.15, 0.2) is 40.5 Å². The van der Waals surface area contributed by atoms with Gasteiger partial charge in [-0.2, -0.15) is 0 Å². The van der Waals surface area contributed by atoms with Crippen molar-refractivity contribution in [3.8, 4) is 0 Å². The molecule has 0 aliphatic carbocycles. The molecular formula is C15H12N4O3S. The topological polar surface area (TPSA) is 118 Å². The summed E-state index contributed by atoms with van der Waals surface area (Å²) in [6.07, 6.45) is 0.0142. The lowest BCUT2D eigenvalue weighted by molar-refractivity contribution is -0.117. The van der Waals surface area contributed by atoms with Gasteiger partial charge in [-0.25, -0.2) is 4.98 Å². The average Bonchev–Trinajstić information content (AvgIpc) is 2.92. The standard InChI is InChI=1S/C15H12N4O3S/c16-12(20)5-8-7-23-15(17-8)19-14(22)10-6-13(21)18-11-4-2-1-3-9(10)11/h1-4,6-7H,5H2,(H2,16,20)(H,18,21)(H,17,19,22). The number of anilines is 1. The lowest BCUT2D eigenvalue weighted by Gasteiger charge is -2.05. The van der Waals surface area contributed by atoms with Crippen LogP contribution in [0.1, 0.15) is 16.1 Å². The van der Waals surface area contributed by atoms with Crippen molar-refractivity contribution in [3.63, 3.8) is 0 Å². The van der Waals surface area contributed by atoms with Gasteiger partial charge in [-0.1, -0.05) is 18.2 Å². The molecule has 2 heterocycles. The SMILES string of the molecule is NC(=O)Cc1csc(NC(=O)c2cc(=O)[nH]c3ccccc23)n1. The van der Waals surface area contributed by atoms with E-state index in [4.69, 9.17) is 5.73 Å². The Hall–Kier alpha value is -3.00. The van der Waals surface area contributed by atoms with Crippen molar-refractivity contribution in [1.29, 1.82) is 0 Å². The van der Waals surface area contributed by atoms with Crippen molar-refractivity contribution in [3.05, 3.63) is 57.3 Å². The first-order chi connectivity index (χ1) is 11.0. The molecule has 0 bridgehead atoms. The van der Waals surface area contributed by atoms with Crippen LogP contribution >= 0.6 is 11.3 Å². The summed E-state index contributed by atoms with van der Waals surface area (Å²) in [4.78, 5) is 41.8. The molecule has 8 heteroatoms. The Labute approximate surface area is 134 Å². The van der Waals surface area contributed by atoms with E-state index < -0.39 is 11.8 Å². The van der Waals surface area contributed by atoms with E-state index in [1.54, 1.807) is 29.6 Å². The van der Waals surface area contributed by atoms with E-state index in [2.05, 4.69) is 15.3 Å². The molecule has 0 radical (unpaired) electrons. The molecule has 0 fully saturated rings. The molecule has 3 aromatic rings. The number of aromatic nitrogens is 2. The Bertz CT molecular complexity index is 961. The molecule has 4 N–H and O–H groups in total. The highest BCUT2D eigenvalue weighted by atomic mass is 32.1. The highest BCUT2D eigenvalue weighted by Crippen LogP contribution is 2.19. The molecular weight excluding hydrogens is 316 g/mol. The van der Waals surface area contributed by atoms with E-state index in [0.717, 1.165) is 0 Å². The number of benzene rings is 1. The van der Waals surface area contributed by atoms with E-state index in [9.17, 15) is 14.4 Å². The van der Waals surface area contributed by atoms with Crippen LogP contribution in [0.4, 0.5) is 5.13 Å². The first-order valence-electron chi connectivity index (χ1n) is 6.69. The molecule has 0 saturated carbocycles. The number of hydrogen-bond acceptors (Lipinski definition) is 5. The van der Waals surface area contributed by atoms with Crippen LogP contribution in [-0.4, -0.2) is 21.8 Å². The first-order valence-corrected chi connectivity index (χ1v) is 7.57. The van der Waals surface area contributed by atoms with Crippen molar-refractivity contribution < 1.29 is 9.59 Å². The van der Waals surface area contributed by atoms with E-state index in [-0.39, 0.29) is 17.5 Å². The number of para-hydroxylation sites is 1.